The molecule has 0 spiro atoms. The lowest BCUT2D eigenvalue weighted by molar-refractivity contribution is -0.149. The van der Waals surface area contributed by atoms with Crippen molar-refractivity contribution in [1.29, 1.82) is 0 Å². The van der Waals surface area contributed by atoms with Crippen LogP contribution >= 0.6 is 0 Å². The highest BCUT2D eigenvalue weighted by Gasteiger charge is 2.37. The number of amides is 2. The Morgan fingerprint density at radius 1 is 0.805 bits per heavy atom. The van der Waals surface area contributed by atoms with Gasteiger partial charge in [-0.05, 0) is 91.3 Å². The van der Waals surface area contributed by atoms with Crippen molar-refractivity contribution in [3.63, 3.8) is 0 Å². The van der Waals surface area contributed by atoms with E-state index >= 15 is 0 Å². The topological polar surface area (TPSA) is 66.6 Å². The highest BCUT2D eigenvalue weighted by atomic mass is 19.4. The van der Waals surface area contributed by atoms with Gasteiger partial charge in [0, 0.05) is 37.3 Å². The van der Waals surface area contributed by atoms with Crippen LogP contribution in [0.4, 0.5) is 27.6 Å². The minimum Gasteiger partial charge on any atom is -0.339 e. The molecule has 2 saturated heterocycles. The van der Waals surface area contributed by atoms with E-state index in [1.165, 1.54) is 12.1 Å². The molecule has 3 aromatic rings. The van der Waals surface area contributed by atoms with Crippen molar-refractivity contribution in [2.75, 3.05) is 24.5 Å². The smallest absolute Gasteiger partial charge is 0.339 e. The third kappa shape index (κ3) is 7.91. The maximum absolute atomic E-state index is 13.1. The maximum atomic E-state index is 13.1. The van der Waals surface area contributed by atoms with E-state index in [0.717, 1.165) is 67.7 Å². The number of rotatable bonds is 4. The number of likely N-dealkylation sites (tertiary alicyclic amines) is 1. The van der Waals surface area contributed by atoms with Crippen molar-refractivity contribution in [3.05, 3.63) is 101 Å². The van der Waals surface area contributed by atoms with Gasteiger partial charge in [0.25, 0.3) is 5.91 Å². The molecule has 0 aliphatic carbocycles. The van der Waals surface area contributed by atoms with Crippen LogP contribution in [-0.4, -0.2) is 42.5 Å². The molecule has 0 bridgehead atoms. The SMILES string of the molecule is NC(c1ccc(F)cc1)C(F)(F)F.O=C(c1ccc(N2CCCCC2=O)cc1)N1CCC(c2ccc(F)cc2)CC1. The largest absolute Gasteiger partial charge is 0.407 e. The predicted molar refractivity (Wildman–Crippen MR) is 146 cm³/mol. The van der Waals surface area contributed by atoms with E-state index in [0.29, 0.717) is 31.0 Å². The van der Waals surface area contributed by atoms with Crippen LogP contribution in [0.15, 0.2) is 72.8 Å². The van der Waals surface area contributed by atoms with Gasteiger partial charge in [0.2, 0.25) is 5.91 Å². The molecule has 0 saturated carbocycles. The zero-order valence-corrected chi connectivity index (χ0v) is 22.4. The summed E-state index contributed by atoms with van der Waals surface area (Å²) in [5.41, 5.74) is 7.40. The van der Waals surface area contributed by atoms with Gasteiger partial charge in [-0.3, -0.25) is 9.59 Å². The molecule has 10 heteroatoms. The molecule has 2 aliphatic rings. The lowest BCUT2D eigenvalue weighted by Gasteiger charge is -2.32. The highest BCUT2D eigenvalue weighted by molar-refractivity contribution is 5.97. The fourth-order valence-corrected chi connectivity index (χ4v) is 5.06. The molecule has 2 fully saturated rings. The second-order valence-electron chi connectivity index (χ2n) is 10.2. The summed E-state index contributed by atoms with van der Waals surface area (Å²) in [5, 5.41) is 0. The molecule has 218 valence electrons. The second-order valence-corrected chi connectivity index (χ2v) is 10.2. The molecule has 5 nitrogen and oxygen atoms in total. The van der Waals surface area contributed by atoms with E-state index in [-0.39, 0.29) is 23.2 Å². The Hall–Kier alpha value is -3.79. The van der Waals surface area contributed by atoms with E-state index < -0.39 is 18.0 Å². The average molecular weight is 574 g/mol. The van der Waals surface area contributed by atoms with Crippen LogP contribution in [0.1, 0.15) is 65.5 Å². The number of piperidine rings is 2. The third-order valence-corrected chi connectivity index (χ3v) is 7.45. The second kappa shape index (κ2) is 13.2. The van der Waals surface area contributed by atoms with Crippen molar-refractivity contribution in [2.45, 2.75) is 50.2 Å². The van der Waals surface area contributed by atoms with E-state index in [2.05, 4.69) is 0 Å². The first-order valence-corrected chi connectivity index (χ1v) is 13.6. The van der Waals surface area contributed by atoms with Gasteiger partial charge in [0.15, 0.2) is 0 Å². The van der Waals surface area contributed by atoms with Gasteiger partial charge in [0.05, 0.1) is 0 Å². The van der Waals surface area contributed by atoms with Crippen molar-refractivity contribution >= 4 is 17.5 Å². The highest BCUT2D eigenvalue weighted by Crippen LogP contribution is 2.31. The number of anilines is 1. The number of nitrogens with two attached hydrogens (primary N) is 1. The number of hydrogen-bond donors (Lipinski definition) is 1. The van der Waals surface area contributed by atoms with Crippen LogP contribution in [0.3, 0.4) is 0 Å². The summed E-state index contributed by atoms with van der Waals surface area (Å²) in [6.07, 6.45) is -0.133. The van der Waals surface area contributed by atoms with Crippen LogP contribution in [-0.2, 0) is 4.79 Å². The maximum Gasteiger partial charge on any atom is 0.407 e. The first kappa shape index (κ1) is 30.2. The molecular formula is C31H32F5N3O2. The summed E-state index contributed by atoms with van der Waals surface area (Å²) >= 11 is 0. The molecule has 3 aromatic carbocycles. The minimum absolute atomic E-state index is 0.0362. The van der Waals surface area contributed by atoms with Crippen molar-refractivity contribution in [3.8, 4) is 0 Å². The van der Waals surface area contributed by atoms with E-state index in [4.69, 9.17) is 5.73 Å². The molecule has 1 atom stereocenters. The number of carbonyl (C=O) groups excluding carboxylic acids is 2. The van der Waals surface area contributed by atoms with Crippen LogP contribution < -0.4 is 10.6 Å². The summed E-state index contributed by atoms with van der Waals surface area (Å²) in [4.78, 5) is 28.6. The van der Waals surface area contributed by atoms with Gasteiger partial charge >= 0.3 is 6.18 Å². The molecule has 1 unspecified atom stereocenters. The minimum atomic E-state index is -4.49. The van der Waals surface area contributed by atoms with Crippen molar-refractivity contribution < 1.29 is 31.5 Å². The van der Waals surface area contributed by atoms with Gasteiger partial charge in [-0.1, -0.05) is 24.3 Å². The van der Waals surface area contributed by atoms with Crippen LogP contribution in [0, 0.1) is 11.6 Å². The van der Waals surface area contributed by atoms with Crippen molar-refractivity contribution in [2.24, 2.45) is 5.73 Å². The summed E-state index contributed by atoms with van der Waals surface area (Å²) in [6.45, 7) is 2.16. The Balaban J connectivity index is 0.000000251. The number of carbonyl (C=O) groups is 2. The first-order chi connectivity index (χ1) is 19.5. The fourth-order valence-electron chi connectivity index (χ4n) is 5.06. The molecule has 2 heterocycles. The Morgan fingerprint density at radius 2 is 1.37 bits per heavy atom. The number of nitrogens with zero attached hydrogens (tertiary/aromatic N) is 2. The monoisotopic (exact) mass is 573 g/mol. The Morgan fingerprint density at radius 3 is 1.90 bits per heavy atom. The fraction of sp³-hybridized carbons (Fsp3) is 0.355. The standard InChI is InChI=1S/C23H25FN2O2.C8H7F4N/c24-20-8-4-17(5-9-20)18-12-15-25(16-13-18)23(28)19-6-10-21(11-7-19)26-14-2-1-3-22(26)27;9-6-3-1-5(2-4-6)7(13)8(10,11)12/h4-11,18H,1-3,12-16H2;1-4,7H,13H2. The van der Waals surface area contributed by atoms with Gasteiger partial charge in [-0.25, -0.2) is 8.78 Å². The summed E-state index contributed by atoms with van der Waals surface area (Å²) < 4.78 is 61.5. The zero-order chi connectivity index (χ0) is 29.6. The molecular weight excluding hydrogens is 541 g/mol. The molecule has 2 aliphatic heterocycles. The lowest BCUT2D eigenvalue weighted by Crippen LogP contribution is -2.38. The van der Waals surface area contributed by atoms with E-state index in [1.807, 2.05) is 46.2 Å². The Labute approximate surface area is 235 Å². The normalized spacial score (nSPS) is 17.1. The quantitative estimate of drug-likeness (QED) is 0.351. The number of hydrogen-bond acceptors (Lipinski definition) is 3. The third-order valence-electron chi connectivity index (χ3n) is 7.45. The number of benzene rings is 3. The molecule has 5 rings (SSSR count). The van der Waals surface area contributed by atoms with E-state index in [1.54, 1.807) is 0 Å². The number of alkyl halides is 3. The van der Waals surface area contributed by atoms with Crippen LogP contribution in [0.2, 0.25) is 0 Å². The lowest BCUT2D eigenvalue weighted by atomic mass is 9.89. The van der Waals surface area contributed by atoms with Crippen LogP contribution in [0.25, 0.3) is 0 Å². The first-order valence-electron chi connectivity index (χ1n) is 13.6. The average Bonchev–Trinajstić information content (AvgIpc) is 2.98. The van der Waals surface area contributed by atoms with Crippen LogP contribution in [0.5, 0.6) is 0 Å². The molecule has 41 heavy (non-hydrogen) atoms. The molecule has 0 aromatic heterocycles. The van der Waals surface area contributed by atoms with Crippen molar-refractivity contribution in [1.82, 2.24) is 4.90 Å². The Bertz CT molecular complexity index is 1300. The molecule has 2 N–H and O–H groups in total. The zero-order valence-electron chi connectivity index (χ0n) is 22.4. The Kier molecular flexibility index (Phi) is 9.75. The van der Waals surface area contributed by atoms with Gasteiger partial charge in [-0.15, -0.1) is 0 Å². The summed E-state index contributed by atoms with van der Waals surface area (Å²) in [7, 11) is 0. The summed E-state index contributed by atoms with van der Waals surface area (Å²) in [6, 6.07) is 16.0. The molecule has 2 amide bonds. The summed E-state index contributed by atoms with van der Waals surface area (Å²) in [5.74, 6) is -0.233. The predicted octanol–water partition coefficient (Wildman–Crippen LogP) is 6.75. The molecule has 0 radical (unpaired) electrons. The van der Waals surface area contributed by atoms with Gasteiger partial charge < -0.3 is 15.5 Å². The number of halogens is 5. The van der Waals surface area contributed by atoms with Gasteiger partial charge in [0.1, 0.15) is 17.7 Å². The van der Waals surface area contributed by atoms with E-state index in [9.17, 15) is 31.5 Å². The van der Waals surface area contributed by atoms with Gasteiger partial charge in [-0.2, -0.15) is 13.2 Å².